The summed E-state index contributed by atoms with van der Waals surface area (Å²) >= 11 is 0. The first-order valence-electron chi connectivity index (χ1n) is 9.40. The molecular weight excluding hydrogens is 359 g/mol. The number of hydrogen-bond acceptors (Lipinski definition) is 3. The predicted molar refractivity (Wildman–Crippen MR) is 106 cm³/mol. The van der Waals surface area contributed by atoms with Gasteiger partial charge in [0.2, 0.25) is 5.91 Å². The van der Waals surface area contributed by atoms with Crippen molar-refractivity contribution in [3.63, 3.8) is 0 Å². The SMILES string of the molecule is C[C@H](NC(=O)N1CCN(c2ccccc2)CC1)C(=O)NCc1cccc(F)c1. The predicted octanol–water partition coefficient (Wildman–Crippen LogP) is 2.36. The average Bonchev–Trinajstić information content (AvgIpc) is 2.72. The molecule has 1 aliphatic rings. The molecule has 0 unspecified atom stereocenters. The maximum Gasteiger partial charge on any atom is 0.318 e. The molecule has 3 rings (SSSR count). The topological polar surface area (TPSA) is 64.7 Å². The quantitative estimate of drug-likeness (QED) is 0.832. The summed E-state index contributed by atoms with van der Waals surface area (Å²) in [6.07, 6.45) is 0. The molecule has 1 heterocycles. The van der Waals surface area contributed by atoms with Gasteiger partial charge in [0, 0.05) is 38.4 Å². The van der Waals surface area contributed by atoms with Gasteiger partial charge >= 0.3 is 6.03 Å². The van der Waals surface area contributed by atoms with Crippen molar-refractivity contribution in [3.8, 4) is 0 Å². The van der Waals surface area contributed by atoms with Crippen LogP contribution >= 0.6 is 0 Å². The molecule has 7 heteroatoms. The molecular formula is C21H25FN4O2. The van der Waals surface area contributed by atoms with Crippen molar-refractivity contribution in [1.29, 1.82) is 0 Å². The number of anilines is 1. The molecule has 1 fully saturated rings. The second-order valence-corrected chi connectivity index (χ2v) is 6.83. The molecule has 1 aliphatic heterocycles. The molecule has 0 bridgehead atoms. The summed E-state index contributed by atoms with van der Waals surface area (Å²) in [7, 11) is 0. The third kappa shape index (κ3) is 5.22. The van der Waals surface area contributed by atoms with Crippen molar-refractivity contribution in [2.75, 3.05) is 31.1 Å². The number of carbonyl (C=O) groups excluding carboxylic acids is 2. The van der Waals surface area contributed by atoms with Crippen LogP contribution in [0.15, 0.2) is 54.6 Å². The zero-order valence-corrected chi connectivity index (χ0v) is 15.9. The number of hydrogen-bond donors (Lipinski definition) is 2. The number of amides is 3. The van der Waals surface area contributed by atoms with E-state index in [1.807, 2.05) is 18.2 Å². The van der Waals surface area contributed by atoms with Crippen LogP contribution in [0.3, 0.4) is 0 Å². The second kappa shape index (κ2) is 9.21. The van der Waals surface area contributed by atoms with Crippen LogP contribution in [0, 0.1) is 5.82 Å². The number of rotatable bonds is 5. The lowest BCUT2D eigenvalue weighted by Crippen LogP contribution is -2.55. The van der Waals surface area contributed by atoms with Crippen molar-refractivity contribution in [3.05, 3.63) is 66.0 Å². The summed E-state index contributed by atoms with van der Waals surface area (Å²) in [5, 5.41) is 5.45. The van der Waals surface area contributed by atoms with Crippen LogP contribution in [0.4, 0.5) is 14.9 Å². The van der Waals surface area contributed by atoms with Gasteiger partial charge in [-0.3, -0.25) is 4.79 Å². The monoisotopic (exact) mass is 384 g/mol. The summed E-state index contributed by atoms with van der Waals surface area (Å²) in [6, 6.07) is 15.2. The highest BCUT2D eigenvalue weighted by molar-refractivity contribution is 5.86. The van der Waals surface area contributed by atoms with Gasteiger partial charge in [0.15, 0.2) is 0 Å². The van der Waals surface area contributed by atoms with Gasteiger partial charge in [-0.25, -0.2) is 9.18 Å². The molecule has 0 saturated carbocycles. The minimum atomic E-state index is -0.673. The van der Waals surface area contributed by atoms with E-state index >= 15 is 0 Å². The third-order valence-electron chi connectivity index (χ3n) is 4.78. The Morgan fingerprint density at radius 1 is 1.04 bits per heavy atom. The summed E-state index contributed by atoms with van der Waals surface area (Å²) in [5.74, 6) is -0.650. The number of halogens is 1. The van der Waals surface area contributed by atoms with E-state index in [9.17, 15) is 14.0 Å². The Bertz CT molecular complexity index is 807. The molecule has 3 amide bonds. The summed E-state index contributed by atoms with van der Waals surface area (Å²) in [6.45, 7) is 4.54. The Kier molecular flexibility index (Phi) is 6.47. The van der Waals surface area contributed by atoms with Crippen LogP contribution in [0.2, 0.25) is 0 Å². The Hall–Kier alpha value is -3.09. The Balaban J connectivity index is 1.43. The fourth-order valence-electron chi connectivity index (χ4n) is 3.14. The molecule has 0 aromatic heterocycles. The lowest BCUT2D eigenvalue weighted by Gasteiger charge is -2.36. The summed E-state index contributed by atoms with van der Waals surface area (Å²) < 4.78 is 13.2. The zero-order chi connectivity index (χ0) is 19.9. The fraction of sp³-hybridized carbons (Fsp3) is 0.333. The molecule has 0 radical (unpaired) electrons. The van der Waals surface area contributed by atoms with Crippen LogP contribution in [0.5, 0.6) is 0 Å². The first-order chi connectivity index (χ1) is 13.5. The van der Waals surface area contributed by atoms with Crippen molar-refractivity contribution in [2.24, 2.45) is 0 Å². The number of nitrogens with one attached hydrogen (secondary N) is 2. The van der Waals surface area contributed by atoms with Gasteiger partial charge in [-0.1, -0.05) is 30.3 Å². The van der Waals surface area contributed by atoms with E-state index < -0.39 is 6.04 Å². The second-order valence-electron chi connectivity index (χ2n) is 6.83. The van der Waals surface area contributed by atoms with Crippen LogP contribution in [0.1, 0.15) is 12.5 Å². The molecule has 0 spiro atoms. The van der Waals surface area contributed by atoms with Crippen molar-refractivity contribution in [2.45, 2.75) is 19.5 Å². The first-order valence-corrected chi connectivity index (χ1v) is 9.40. The smallest absolute Gasteiger partial charge is 0.318 e. The van der Waals surface area contributed by atoms with E-state index in [1.165, 1.54) is 12.1 Å². The van der Waals surface area contributed by atoms with E-state index in [4.69, 9.17) is 0 Å². The van der Waals surface area contributed by atoms with Gasteiger partial charge in [-0.05, 0) is 36.8 Å². The van der Waals surface area contributed by atoms with E-state index in [-0.39, 0.29) is 24.3 Å². The normalized spacial score (nSPS) is 15.1. The molecule has 0 aliphatic carbocycles. The number of piperazine rings is 1. The highest BCUT2D eigenvalue weighted by Gasteiger charge is 2.24. The maximum absolute atomic E-state index is 13.2. The Morgan fingerprint density at radius 2 is 1.75 bits per heavy atom. The van der Waals surface area contributed by atoms with Gasteiger partial charge in [-0.15, -0.1) is 0 Å². The van der Waals surface area contributed by atoms with E-state index in [1.54, 1.807) is 24.0 Å². The van der Waals surface area contributed by atoms with E-state index in [2.05, 4.69) is 27.7 Å². The Morgan fingerprint density at radius 3 is 2.43 bits per heavy atom. The number of para-hydroxylation sites is 1. The van der Waals surface area contributed by atoms with Crippen molar-refractivity contribution < 1.29 is 14.0 Å². The molecule has 2 N–H and O–H groups in total. The van der Waals surface area contributed by atoms with E-state index in [0.29, 0.717) is 18.7 Å². The van der Waals surface area contributed by atoms with Gasteiger partial charge in [0.05, 0.1) is 0 Å². The molecule has 1 saturated heterocycles. The van der Waals surface area contributed by atoms with Gasteiger partial charge < -0.3 is 20.4 Å². The van der Waals surface area contributed by atoms with E-state index in [0.717, 1.165) is 18.8 Å². The maximum atomic E-state index is 13.2. The van der Waals surface area contributed by atoms with Gasteiger partial charge in [-0.2, -0.15) is 0 Å². The average molecular weight is 384 g/mol. The molecule has 28 heavy (non-hydrogen) atoms. The fourth-order valence-corrected chi connectivity index (χ4v) is 3.14. The number of benzene rings is 2. The Labute approximate surface area is 164 Å². The molecule has 2 aromatic rings. The van der Waals surface area contributed by atoms with Crippen molar-refractivity contribution in [1.82, 2.24) is 15.5 Å². The lowest BCUT2D eigenvalue weighted by atomic mass is 10.2. The standard InChI is InChI=1S/C21H25FN4O2/c1-16(20(27)23-15-17-6-5-7-18(22)14-17)24-21(28)26-12-10-25(11-13-26)19-8-3-2-4-9-19/h2-9,14,16H,10-13,15H2,1H3,(H,23,27)(H,24,28)/t16-/m0/s1. The van der Waals surface area contributed by atoms with Crippen LogP contribution in [-0.4, -0.2) is 49.1 Å². The minimum Gasteiger partial charge on any atom is -0.368 e. The van der Waals surface area contributed by atoms with Gasteiger partial charge in [0.1, 0.15) is 11.9 Å². The third-order valence-corrected chi connectivity index (χ3v) is 4.78. The zero-order valence-electron chi connectivity index (χ0n) is 15.9. The summed E-state index contributed by atoms with van der Waals surface area (Å²) in [4.78, 5) is 28.6. The minimum absolute atomic E-state index is 0.215. The highest BCUT2D eigenvalue weighted by atomic mass is 19.1. The molecule has 6 nitrogen and oxygen atoms in total. The molecule has 1 atom stereocenters. The molecule has 2 aromatic carbocycles. The molecule has 148 valence electrons. The van der Waals surface area contributed by atoms with Crippen LogP contribution in [-0.2, 0) is 11.3 Å². The van der Waals surface area contributed by atoms with Crippen molar-refractivity contribution >= 4 is 17.6 Å². The number of urea groups is 1. The number of carbonyl (C=O) groups is 2. The van der Waals surface area contributed by atoms with Crippen LogP contribution < -0.4 is 15.5 Å². The van der Waals surface area contributed by atoms with Gasteiger partial charge in [0.25, 0.3) is 0 Å². The first kappa shape index (κ1) is 19.7. The largest absolute Gasteiger partial charge is 0.368 e. The number of nitrogens with zero attached hydrogens (tertiary/aromatic N) is 2. The summed E-state index contributed by atoms with van der Waals surface area (Å²) in [5.41, 5.74) is 1.82. The highest BCUT2D eigenvalue weighted by Crippen LogP contribution is 2.15. The lowest BCUT2D eigenvalue weighted by molar-refractivity contribution is -0.122. The van der Waals surface area contributed by atoms with Crippen LogP contribution in [0.25, 0.3) is 0 Å².